The number of aryl methyl sites for hydroxylation is 1. The lowest BCUT2D eigenvalue weighted by atomic mass is 9.94. The highest BCUT2D eigenvalue weighted by Gasteiger charge is 2.30. The minimum Gasteiger partial charge on any atom is -0.494 e. The molecule has 0 spiro atoms. The Hall–Kier alpha value is -4.07. The van der Waals surface area contributed by atoms with Crippen LogP contribution < -0.4 is 30.9 Å². The van der Waals surface area contributed by atoms with E-state index in [2.05, 4.69) is 73.8 Å². The summed E-state index contributed by atoms with van der Waals surface area (Å²) < 4.78 is 22.1. The number of methoxy groups -OCH3 is 1. The monoisotopic (exact) mass is 813 g/mol. The van der Waals surface area contributed by atoms with E-state index in [0.717, 1.165) is 89.9 Å². The van der Waals surface area contributed by atoms with Gasteiger partial charge in [-0.1, -0.05) is 18.2 Å². The first-order chi connectivity index (χ1) is 26.1. The van der Waals surface area contributed by atoms with Crippen LogP contribution in [0.25, 0.3) is 22.0 Å². The average Bonchev–Trinajstić information content (AvgIpc) is 3.58. The van der Waals surface area contributed by atoms with Gasteiger partial charge in [-0.25, -0.2) is 4.98 Å². The fourth-order valence-electron chi connectivity index (χ4n) is 8.02. The number of piperidine rings is 1. The summed E-state index contributed by atoms with van der Waals surface area (Å²) in [6.07, 6.45) is 9.97. The summed E-state index contributed by atoms with van der Waals surface area (Å²) in [5.74, 6) is 2.36. The van der Waals surface area contributed by atoms with E-state index in [-0.39, 0.29) is 0 Å². The molecule has 13 nitrogen and oxygen atoms in total. The predicted octanol–water partition coefficient (Wildman–Crippen LogP) is 5.74. The number of hydrogen-bond donors (Lipinski definition) is 3. The van der Waals surface area contributed by atoms with Crippen LogP contribution in [0.1, 0.15) is 12.8 Å². The van der Waals surface area contributed by atoms with Gasteiger partial charge >= 0.3 is 0 Å². The number of pyridine rings is 1. The normalized spacial score (nSPS) is 17.8. The molecular formula is C39H49BrN11O2P. The maximum absolute atomic E-state index is 13.6. The summed E-state index contributed by atoms with van der Waals surface area (Å²) in [6.45, 7) is 13.5. The molecule has 0 saturated carbocycles. The molecule has 3 aliphatic rings. The minimum atomic E-state index is -2.71. The van der Waals surface area contributed by atoms with Crippen molar-refractivity contribution in [3.63, 3.8) is 0 Å². The number of fused-ring (bicyclic) bond motifs is 1. The number of hydrogen-bond acceptors (Lipinski definition) is 12. The SMILES string of the molecule is COc1cc(N2CCN(CC3CCN(C4CNC4)CC3)CC2)c(-c2cnn(C)c2)cc1Nc1ncc(Br)c(Nc2cnc3ccccc3c2P(C)(C)=O)n1. The Morgan fingerprint density at radius 1 is 0.963 bits per heavy atom. The fraction of sp³-hybridized carbons (Fsp3) is 0.436. The van der Waals surface area contributed by atoms with Crippen molar-refractivity contribution < 1.29 is 9.30 Å². The van der Waals surface area contributed by atoms with Gasteiger partial charge in [-0.15, -0.1) is 0 Å². The number of anilines is 5. The molecule has 3 aliphatic heterocycles. The Bertz CT molecular complexity index is 2170. The first-order valence-corrected chi connectivity index (χ1v) is 22.2. The average molecular weight is 815 g/mol. The topological polar surface area (TPSA) is 129 Å². The number of rotatable bonds is 11. The van der Waals surface area contributed by atoms with Crippen molar-refractivity contribution in [2.75, 3.05) is 94.9 Å². The highest BCUT2D eigenvalue weighted by molar-refractivity contribution is 9.10. The first kappa shape index (κ1) is 36.9. The summed E-state index contributed by atoms with van der Waals surface area (Å²) in [7, 11) is 0.923. The number of nitrogens with one attached hydrogen (secondary N) is 3. The zero-order valence-corrected chi connectivity index (χ0v) is 33.9. The van der Waals surface area contributed by atoms with Gasteiger partial charge in [0.2, 0.25) is 5.95 Å². The van der Waals surface area contributed by atoms with Gasteiger partial charge in [0, 0.05) is 105 Å². The highest BCUT2D eigenvalue weighted by atomic mass is 79.9. The Kier molecular flexibility index (Phi) is 10.6. The van der Waals surface area contributed by atoms with Gasteiger partial charge in [0.1, 0.15) is 18.7 Å². The van der Waals surface area contributed by atoms with Crippen LogP contribution in [0.2, 0.25) is 0 Å². The lowest BCUT2D eigenvalue weighted by Gasteiger charge is -2.44. The van der Waals surface area contributed by atoms with Gasteiger partial charge in [-0.3, -0.25) is 19.5 Å². The van der Waals surface area contributed by atoms with Crippen molar-refractivity contribution in [3.8, 4) is 16.9 Å². The van der Waals surface area contributed by atoms with E-state index in [1.54, 1.807) is 32.8 Å². The molecular weight excluding hydrogens is 765 g/mol. The Labute approximate surface area is 325 Å². The summed E-state index contributed by atoms with van der Waals surface area (Å²) in [5.41, 5.74) is 5.36. The number of halogens is 1. The third-order valence-electron chi connectivity index (χ3n) is 11.0. The van der Waals surface area contributed by atoms with Gasteiger partial charge in [-0.2, -0.15) is 10.1 Å². The summed E-state index contributed by atoms with van der Waals surface area (Å²) >= 11 is 3.62. The first-order valence-electron chi connectivity index (χ1n) is 18.8. The molecule has 2 aromatic carbocycles. The zero-order valence-electron chi connectivity index (χ0n) is 31.4. The van der Waals surface area contributed by atoms with Gasteiger partial charge in [0.25, 0.3) is 0 Å². The molecule has 3 N–H and O–H groups in total. The lowest BCUT2D eigenvalue weighted by Crippen LogP contribution is -2.59. The van der Waals surface area contributed by atoms with Gasteiger partial charge in [0.05, 0.1) is 40.9 Å². The fourth-order valence-corrected chi connectivity index (χ4v) is 9.77. The number of para-hydroxylation sites is 1. The van der Waals surface area contributed by atoms with Crippen molar-refractivity contribution >= 4 is 68.1 Å². The Balaban J connectivity index is 1.02. The van der Waals surface area contributed by atoms with Crippen LogP contribution in [-0.4, -0.2) is 120 Å². The molecule has 0 amide bonds. The van der Waals surface area contributed by atoms with Crippen LogP contribution in [0.5, 0.6) is 5.75 Å². The summed E-state index contributed by atoms with van der Waals surface area (Å²) in [5, 5.41) is 16.3. The van der Waals surface area contributed by atoms with E-state index in [1.807, 2.05) is 48.4 Å². The predicted molar refractivity (Wildman–Crippen MR) is 222 cm³/mol. The van der Waals surface area contributed by atoms with Crippen molar-refractivity contribution in [3.05, 3.63) is 65.7 Å². The largest absolute Gasteiger partial charge is 0.494 e. The van der Waals surface area contributed by atoms with Crippen LogP contribution in [0, 0.1) is 5.92 Å². The number of ether oxygens (including phenoxy) is 1. The lowest BCUT2D eigenvalue weighted by molar-refractivity contribution is 0.0836. The second kappa shape index (κ2) is 15.6. The van der Waals surface area contributed by atoms with Crippen molar-refractivity contribution in [2.45, 2.75) is 18.9 Å². The Morgan fingerprint density at radius 3 is 2.43 bits per heavy atom. The summed E-state index contributed by atoms with van der Waals surface area (Å²) in [6, 6.07) is 12.7. The van der Waals surface area contributed by atoms with Crippen molar-refractivity contribution in [2.24, 2.45) is 13.0 Å². The molecule has 54 heavy (non-hydrogen) atoms. The molecule has 3 aromatic heterocycles. The molecule has 15 heteroatoms. The summed E-state index contributed by atoms with van der Waals surface area (Å²) in [4.78, 5) is 21.9. The standard InChI is InChI=1S/C39H49BrN11O2P/c1-48-25-27(19-44-48)30-17-33(36(53-2)18-35(30)51-15-13-49(14-16-51)24-26-9-11-50(12-10-26)28-20-41-21-28)46-39-43-22-31(40)38(47-39)45-34-23-42-32-8-6-5-7-29(32)37(34)54(3,4)52/h5-8,17-19,22-23,25-26,28,41H,9-16,20-21,24H2,1-4H3,(H2,43,45,46,47). The number of piperazine rings is 1. The number of nitrogens with zero attached hydrogens (tertiary/aromatic N) is 8. The maximum Gasteiger partial charge on any atom is 0.229 e. The maximum atomic E-state index is 13.6. The molecule has 0 atom stereocenters. The molecule has 3 fully saturated rings. The number of benzene rings is 2. The molecule has 5 aromatic rings. The second-order valence-corrected chi connectivity index (χ2v) is 19.1. The third-order valence-corrected chi connectivity index (χ3v) is 13.2. The third kappa shape index (κ3) is 7.85. The molecule has 284 valence electrons. The van der Waals surface area contributed by atoms with Crippen molar-refractivity contribution in [1.82, 2.24) is 39.8 Å². The van der Waals surface area contributed by atoms with Gasteiger partial charge in [0.15, 0.2) is 0 Å². The molecule has 8 rings (SSSR count). The van der Waals surface area contributed by atoms with Crippen LogP contribution in [0.4, 0.5) is 28.8 Å². The van der Waals surface area contributed by atoms with E-state index in [1.165, 1.54) is 32.5 Å². The van der Waals surface area contributed by atoms with E-state index in [0.29, 0.717) is 27.7 Å². The molecule has 0 bridgehead atoms. The number of likely N-dealkylation sites (tertiary alicyclic amines) is 1. The van der Waals surface area contributed by atoms with Crippen LogP contribution >= 0.6 is 23.1 Å². The molecule has 6 heterocycles. The van der Waals surface area contributed by atoms with Crippen LogP contribution in [0.15, 0.2) is 65.7 Å². The molecule has 0 unspecified atom stereocenters. The van der Waals surface area contributed by atoms with Gasteiger partial charge in [-0.05, 0) is 73.2 Å². The van der Waals surface area contributed by atoms with E-state index in [4.69, 9.17) is 9.72 Å². The van der Waals surface area contributed by atoms with E-state index >= 15 is 0 Å². The quantitative estimate of drug-likeness (QED) is 0.141. The van der Waals surface area contributed by atoms with Crippen LogP contribution in [0.3, 0.4) is 0 Å². The Morgan fingerprint density at radius 2 is 1.74 bits per heavy atom. The molecule has 0 aliphatic carbocycles. The molecule has 0 radical (unpaired) electrons. The molecule has 3 saturated heterocycles. The second-order valence-electron chi connectivity index (χ2n) is 15.1. The zero-order chi connectivity index (χ0) is 37.4. The number of aromatic nitrogens is 5. The van der Waals surface area contributed by atoms with Gasteiger partial charge < -0.3 is 30.2 Å². The highest BCUT2D eigenvalue weighted by Crippen LogP contribution is 2.43. The van der Waals surface area contributed by atoms with E-state index in [9.17, 15) is 4.57 Å². The van der Waals surface area contributed by atoms with Crippen molar-refractivity contribution in [1.29, 1.82) is 0 Å². The smallest absolute Gasteiger partial charge is 0.229 e. The minimum absolute atomic E-state index is 0.374. The van der Waals surface area contributed by atoms with E-state index < -0.39 is 7.14 Å². The van der Waals surface area contributed by atoms with Crippen LogP contribution in [-0.2, 0) is 11.6 Å².